The molecule has 1 aliphatic heterocycles. The lowest BCUT2D eigenvalue weighted by Crippen LogP contribution is -2.43. The van der Waals surface area contributed by atoms with Gasteiger partial charge >= 0.3 is 0 Å². The standard InChI is InChI=1S/C10H14ClN3/c11-8-3-4-10(13-6-8)14-5-1-2-9(12)7-14/h3-4,6,9H,1-2,5,7,12H2. The molecule has 1 unspecified atom stereocenters. The molecule has 4 heteroatoms. The quantitative estimate of drug-likeness (QED) is 0.769. The van der Waals surface area contributed by atoms with Crippen molar-refractivity contribution in [1.29, 1.82) is 0 Å². The fourth-order valence-electron chi connectivity index (χ4n) is 1.77. The number of hydrogen-bond donors (Lipinski definition) is 1. The topological polar surface area (TPSA) is 42.1 Å². The summed E-state index contributed by atoms with van der Waals surface area (Å²) in [5.41, 5.74) is 5.90. The molecule has 2 rings (SSSR count). The van der Waals surface area contributed by atoms with Crippen molar-refractivity contribution in [2.24, 2.45) is 5.73 Å². The second-order valence-corrected chi connectivity index (χ2v) is 4.12. The van der Waals surface area contributed by atoms with E-state index in [0.717, 1.165) is 31.7 Å². The van der Waals surface area contributed by atoms with E-state index in [1.807, 2.05) is 12.1 Å². The number of nitrogens with zero attached hydrogens (tertiary/aromatic N) is 2. The van der Waals surface area contributed by atoms with Gasteiger partial charge in [-0.1, -0.05) is 11.6 Å². The van der Waals surface area contributed by atoms with Crippen molar-refractivity contribution in [3.63, 3.8) is 0 Å². The van der Waals surface area contributed by atoms with Gasteiger partial charge in [0.2, 0.25) is 0 Å². The van der Waals surface area contributed by atoms with Gasteiger partial charge in [0, 0.05) is 25.3 Å². The summed E-state index contributed by atoms with van der Waals surface area (Å²) in [6.07, 6.45) is 3.94. The lowest BCUT2D eigenvalue weighted by Gasteiger charge is -2.31. The molecule has 2 N–H and O–H groups in total. The molecule has 1 saturated heterocycles. The molecule has 1 aromatic rings. The summed E-state index contributed by atoms with van der Waals surface area (Å²) in [5.74, 6) is 0.976. The van der Waals surface area contributed by atoms with Crippen molar-refractivity contribution in [2.75, 3.05) is 18.0 Å². The van der Waals surface area contributed by atoms with Crippen LogP contribution in [0.1, 0.15) is 12.8 Å². The highest BCUT2D eigenvalue weighted by atomic mass is 35.5. The number of pyridine rings is 1. The van der Waals surface area contributed by atoms with E-state index >= 15 is 0 Å². The number of aromatic nitrogens is 1. The van der Waals surface area contributed by atoms with E-state index in [-0.39, 0.29) is 6.04 Å². The van der Waals surface area contributed by atoms with Crippen LogP contribution >= 0.6 is 11.6 Å². The molecule has 0 aromatic carbocycles. The Bertz CT molecular complexity index is 299. The van der Waals surface area contributed by atoms with Crippen LogP contribution in [0.2, 0.25) is 5.02 Å². The summed E-state index contributed by atoms with van der Waals surface area (Å²) >= 11 is 5.77. The zero-order chi connectivity index (χ0) is 9.97. The first-order valence-electron chi connectivity index (χ1n) is 4.88. The molecule has 0 aliphatic carbocycles. The zero-order valence-corrected chi connectivity index (χ0v) is 8.74. The Morgan fingerprint density at radius 3 is 3.00 bits per heavy atom. The molecule has 1 aromatic heterocycles. The van der Waals surface area contributed by atoms with Gasteiger partial charge in [-0.15, -0.1) is 0 Å². The van der Waals surface area contributed by atoms with Crippen molar-refractivity contribution in [3.05, 3.63) is 23.4 Å². The summed E-state index contributed by atoms with van der Waals surface area (Å²) in [5, 5.41) is 0.676. The Kier molecular flexibility index (Phi) is 2.89. The van der Waals surface area contributed by atoms with Crippen molar-refractivity contribution in [2.45, 2.75) is 18.9 Å². The maximum Gasteiger partial charge on any atom is 0.128 e. The minimum atomic E-state index is 0.279. The third-order valence-electron chi connectivity index (χ3n) is 2.49. The smallest absolute Gasteiger partial charge is 0.128 e. The van der Waals surface area contributed by atoms with E-state index in [1.54, 1.807) is 6.20 Å². The van der Waals surface area contributed by atoms with Crippen LogP contribution in [0.3, 0.4) is 0 Å². The number of rotatable bonds is 1. The van der Waals surface area contributed by atoms with Crippen LogP contribution in [0.15, 0.2) is 18.3 Å². The van der Waals surface area contributed by atoms with Gasteiger partial charge in [-0.25, -0.2) is 4.98 Å². The monoisotopic (exact) mass is 211 g/mol. The second-order valence-electron chi connectivity index (χ2n) is 3.68. The predicted octanol–water partition coefficient (Wildman–Crippen LogP) is 1.66. The summed E-state index contributed by atoms with van der Waals surface area (Å²) < 4.78 is 0. The van der Waals surface area contributed by atoms with Crippen LogP contribution in [0, 0.1) is 0 Å². The Morgan fingerprint density at radius 1 is 1.50 bits per heavy atom. The van der Waals surface area contributed by atoms with Crippen LogP contribution in [-0.4, -0.2) is 24.1 Å². The number of piperidine rings is 1. The molecular weight excluding hydrogens is 198 g/mol. The van der Waals surface area contributed by atoms with Crippen molar-refractivity contribution in [1.82, 2.24) is 4.98 Å². The number of nitrogens with two attached hydrogens (primary N) is 1. The average Bonchev–Trinajstić information content (AvgIpc) is 2.19. The molecule has 2 heterocycles. The van der Waals surface area contributed by atoms with Crippen LogP contribution in [0.4, 0.5) is 5.82 Å². The highest BCUT2D eigenvalue weighted by molar-refractivity contribution is 6.30. The predicted molar refractivity (Wildman–Crippen MR) is 58.7 cm³/mol. The summed E-state index contributed by atoms with van der Waals surface area (Å²) in [6.45, 7) is 1.94. The Hall–Kier alpha value is -0.800. The molecule has 76 valence electrons. The molecule has 0 bridgehead atoms. The van der Waals surface area contributed by atoms with E-state index in [1.165, 1.54) is 0 Å². The maximum atomic E-state index is 5.90. The first-order chi connectivity index (χ1) is 6.75. The van der Waals surface area contributed by atoms with Crippen LogP contribution in [0.25, 0.3) is 0 Å². The van der Waals surface area contributed by atoms with E-state index in [2.05, 4.69) is 9.88 Å². The molecular formula is C10H14ClN3. The van der Waals surface area contributed by atoms with Crippen molar-refractivity contribution >= 4 is 17.4 Å². The van der Waals surface area contributed by atoms with Crippen LogP contribution in [0.5, 0.6) is 0 Å². The van der Waals surface area contributed by atoms with Gasteiger partial charge in [0.25, 0.3) is 0 Å². The maximum absolute atomic E-state index is 5.90. The van der Waals surface area contributed by atoms with E-state index in [4.69, 9.17) is 17.3 Å². The average molecular weight is 212 g/mol. The summed E-state index contributed by atoms with van der Waals surface area (Å²) in [4.78, 5) is 6.49. The third-order valence-corrected chi connectivity index (χ3v) is 2.72. The van der Waals surface area contributed by atoms with E-state index in [9.17, 15) is 0 Å². The fraction of sp³-hybridized carbons (Fsp3) is 0.500. The first kappa shape index (κ1) is 9.74. The SMILES string of the molecule is NC1CCCN(c2ccc(Cl)cn2)C1. The molecule has 0 saturated carbocycles. The first-order valence-corrected chi connectivity index (χ1v) is 5.25. The van der Waals surface area contributed by atoms with Crippen LogP contribution in [-0.2, 0) is 0 Å². The molecule has 0 amide bonds. The highest BCUT2D eigenvalue weighted by Gasteiger charge is 2.17. The summed E-state index contributed by atoms with van der Waals surface area (Å²) in [6, 6.07) is 4.09. The number of halogens is 1. The molecule has 14 heavy (non-hydrogen) atoms. The number of anilines is 1. The fourth-order valence-corrected chi connectivity index (χ4v) is 1.88. The molecule has 1 atom stereocenters. The van der Waals surface area contributed by atoms with Gasteiger partial charge in [-0.05, 0) is 25.0 Å². The molecule has 1 aliphatic rings. The lowest BCUT2D eigenvalue weighted by molar-refractivity contribution is 0.503. The zero-order valence-electron chi connectivity index (χ0n) is 7.99. The van der Waals surface area contributed by atoms with Gasteiger partial charge in [-0.2, -0.15) is 0 Å². The van der Waals surface area contributed by atoms with Crippen molar-refractivity contribution < 1.29 is 0 Å². The molecule has 3 nitrogen and oxygen atoms in total. The largest absolute Gasteiger partial charge is 0.355 e. The second kappa shape index (κ2) is 4.15. The summed E-state index contributed by atoms with van der Waals surface area (Å²) in [7, 11) is 0. The van der Waals surface area contributed by atoms with Gasteiger partial charge < -0.3 is 10.6 Å². The molecule has 1 fully saturated rings. The molecule has 0 radical (unpaired) electrons. The normalized spacial score (nSPS) is 22.4. The number of hydrogen-bond acceptors (Lipinski definition) is 3. The molecule has 0 spiro atoms. The van der Waals surface area contributed by atoms with Gasteiger partial charge in [0.1, 0.15) is 5.82 Å². The van der Waals surface area contributed by atoms with Crippen LogP contribution < -0.4 is 10.6 Å². The van der Waals surface area contributed by atoms with Gasteiger partial charge in [0.15, 0.2) is 0 Å². The van der Waals surface area contributed by atoms with E-state index in [0.29, 0.717) is 5.02 Å². The third kappa shape index (κ3) is 2.16. The minimum Gasteiger partial charge on any atom is -0.355 e. The lowest BCUT2D eigenvalue weighted by atomic mass is 10.1. The Morgan fingerprint density at radius 2 is 2.36 bits per heavy atom. The van der Waals surface area contributed by atoms with Crippen molar-refractivity contribution in [3.8, 4) is 0 Å². The van der Waals surface area contributed by atoms with E-state index < -0.39 is 0 Å². The Labute approximate surface area is 88.9 Å². The Balaban J connectivity index is 2.10. The van der Waals surface area contributed by atoms with Gasteiger partial charge in [-0.3, -0.25) is 0 Å². The highest BCUT2D eigenvalue weighted by Crippen LogP contribution is 2.18. The van der Waals surface area contributed by atoms with Gasteiger partial charge in [0.05, 0.1) is 5.02 Å². The minimum absolute atomic E-state index is 0.279.